The van der Waals surface area contributed by atoms with Gasteiger partial charge in [-0.2, -0.15) is 0 Å². The van der Waals surface area contributed by atoms with Gasteiger partial charge in [-0.05, 0) is 30.6 Å². The lowest BCUT2D eigenvalue weighted by Crippen LogP contribution is -2.46. The molecule has 0 radical (unpaired) electrons. The molecular formula is C13H24N2OS. The van der Waals surface area contributed by atoms with Gasteiger partial charge in [0.15, 0.2) is 0 Å². The molecule has 0 saturated heterocycles. The van der Waals surface area contributed by atoms with Gasteiger partial charge in [-0.15, -0.1) is 0 Å². The standard InChI is InChI=1S/C13H24N2OS/c1-7(2)11(12(14)17)13(16)15-10-6-5-8(3)9(10)4/h7-11H,5-6H2,1-4H3,(H2,14,17)(H,15,16). The lowest BCUT2D eigenvalue weighted by atomic mass is 9.93. The average molecular weight is 256 g/mol. The highest BCUT2D eigenvalue weighted by Crippen LogP contribution is 2.31. The van der Waals surface area contributed by atoms with Gasteiger partial charge in [0.1, 0.15) is 0 Å². The van der Waals surface area contributed by atoms with Crippen molar-refractivity contribution in [1.82, 2.24) is 5.32 Å². The fourth-order valence-corrected chi connectivity index (χ4v) is 2.98. The first-order chi connectivity index (χ1) is 7.84. The molecule has 1 aliphatic carbocycles. The van der Waals surface area contributed by atoms with Gasteiger partial charge in [-0.1, -0.05) is 39.9 Å². The number of rotatable bonds is 4. The first-order valence-electron chi connectivity index (χ1n) is 6.44. The van der Waals surface area contributed by atoms with Crippen LogP contribution in [0.4, 0.5) is 0 Å². The highest BCUT2D eigenvalue weighted by molar-refractivity contribution is 7.80. The highest BCUT2D eigenvalue weighted by atomic mass is 32.1. The van der Waals surface area contributed by atoms with E-state index >= 15 is 0 Å². The second-order valence-electron chi connectivity index (χ2n) is 5.65. The van der Waals surface area contributed by atoms with Gasteiger partial charge in [-0.25, -0.2) is 0 Å². The summed E-state index contributed by atoms with van der Waals surface area (Å²) in [5, 5.41) is 3.12. The summed E-state index contributed by atoms with van der Waals surface area (Å²) in [6.45, 7) is 8.40. The number of hydrogen-bond acceptors (Lipinski definition) is 2. The van der Waals surface area contributed by atoms with Crippen molar-refractivity contribution in [2.75, 3.05) is 0 Å². The van der Waals surface area contributed by atoms with Gasteiger partial charge >= 0.3 is 0 Å². The van der Waals surface area contributed by atoms with Crippen LogP contribution in [0.25, 0.3) is 0 Å². The summed E-state index contributed by atoms with van der Waals surface area (Å²) in [5.74, 6) is 1.04. The monoisotopic (exact) mass is 256 g/mol. The van der Waals surface area contributed by atoms with Crippen LogP contribution in [0.3, 0.4) is 0 Å². The molecule has 0 aliphatic heterocycles. The molecule has 1 rings (SSSR count). The second kappa shape index (κ2) is 5.80. The summed E-state index contributed by atoms with van der Waals surface area (Å²) in [4.78, 5) is 12.5. The van der Waals surface area contributed by atoms with E-state index in [0.29, 0.717) is 16.8 Å². The molecule has 0 aromatic heterocycles. The van der Waals surface area contributed by atoms with E-state index in [4.69, 9.17) is 18.0 Å². The Labute approximate surface area is 110 Å². The molecule has 98 valence electrons. The van der Waals surface area contributed by atoms with E-state index in [1.807, 2.05) is 13.8 Å². The molecule has 3 nitrogen and oxygen atoms in total. The predicted molar refractivity (Wildman–Crippen MR) is 74.6 cm³/mol. The van der Waals surface area contributed by atoms with Gasteiger partial charge in [0.25, 0.3) is 0 Å². The molecule has 4 atom stereocenters. The summed E-state index contributed by atoms with van der Waals surface area (Å²) in [7, 11) is 0. The van der Waals surface area contributed by atoms with Crippen LogP contribution < -0.4 is 11.1 Å². The minimum Gasteiger partial charge on any atom is -0.393 e. The highest BCUT2D eigenvalue weighted by Gasteiger charge is 2.33. The number of carbonyl (C=O) groups excluding carboxylic acids is 1. The van der Waals surface area contributed by atoms with Crippen LogP contribution in [-0.4, -0.2) is 16.9 Å². The van der Waals surface area contributed by atoms with Crippen molar-refractivity contribution in [3.05, 3.63) is 0 Å². The van der Waals surface area contributed by atoms with E-state index in [-0.39, 0.29) is 23.8 Å². The van der Waals surface area contributed by atoms with E-state index < -0.39 is 0 Å². The number of nitrogens with two attached hydrogens (primary N) is 1. The Kier molecular flexibility index (Phi) is 4.92. The number of carbonyl (C=O) groups is 1. The largest absolute Gasteiger partial charge is 0.393 e. The number of hydrogen-bond donors (Lipinski definition) is 2. The third-order valence-electron chi connectivity index (χ3n) is 4.05. The van der Waals surface area contributed by atoms with Crippen molar-refractivity contribution in [3.63, 3.8) is 0 Å². The van der Waals surface area contributed by atoms with Crippen LogP contribution in [-0.2, 0) is 4.79 Å². The Balaban J connectivity index is 2.62. The zero-order chi connectivity index (χ0) is 13.2. The molecule has 4 unspecified atom stereocenters. The third kappa shape index (κ3) is 3.41. The Morgan fingerprint density at radius 3 is 2.29 bits per heavy atom. The fraction of sp³-hybridized carbons (Fsp3) is 0.846. The van der Waals surface area contributed by atoms with Crippen molar-refractivity contribution in [2.24, 2.45) is 29.4 Å². The van der Waals surface area contributed by atoms with Gasteiger partial charge in [0.05, 0.1) is 10.9 Å². The molecule has 0 bridgehead atoms. The maximum Gasteiger partial charge on any atom is 0.230 e. The summed E-state index contributed by atoms with van der Waals surface area (Å²) in [5.41, 5.74) is 5.65. The molecule has 1 saturated carbocycles. The van der Waals surface area contributed by atoms with Gasteiger partial charge in [0.2, 0.25) is 5.91 Å². The Hall–Kier alpha value is -0.640. The van der Waals surface area contributed by atoms with Crippen molar-refractivity contribution in [3.8, 4) is 0 Å². The maximum absolute atomic E-state index is 12.2. The van der Waals surface area contributed by atoms with E-state index in [1.165, 1.54) is 6.42 Å². The molecule has 0 aromatic carbocycles. The van der Waals surface area contributed by atoms with E-state index in [1.54, 1.807) is 0 Å². The summed E-state index contributed by atoms with van der Waals surface area (Å²) in [6, 6.07) is 0.285. The van der Waals surface area contributed by atoms with Crippen LogP contribution in [0.1, 0.15) is 40.5 Å². The third-order valence-corrected chi connectivity index (χ3v) is 4.30. The van der Waals surface area contributed by atoms with Crippen molar-refractivity contribution in [1.29, 1.82) is 0 Å². The first kappa shape index (κ1) is 14.4. The smallest absolute Gasteiger partial charge is 0.230 e. The van der Waals surface area contributed by atoms with Gasteiger partial charge in [-0.3, -0.25) is 4.79 Å². The Morgan fingerprint density at radius 2 is 1.94 bits per heavy atom. The summed E-state index contributed by atoms with van der Waals surface area (Å²) >= 11 is 4.98. The molecule has 17 heavy (non-hydrogen) atoms. The Morgan fingerprint density at radius 1 is 1.35 bits per heavy atom. The summed E-state index contributed by atoms with van der Waals surface area (Å²) < 4.78 is 0. The van der Waals surface area contributed by atoms with Crippen LogP contribution >= 0.6 is 12.2 Å². The molecule has 4 heteroatoms. The zero-order valence-corrected chi connectivity index (χ0v) is 12.0. The number of thiocarbonyl (C=S) groups is 1. The van der Waals surface area contributed by atoms with E-state index in [0.717, 1.165) is 6.42 Å². The molecule has 1 fully saturated rings. The van der Waals surface area contributed by atoms with Crippen molar-refractivity contribution in [2.45, 2.75) is 46.6 Å². The maximum atomic E-state index is 12.2. The number of amides is 1. The van der Waals surface area contributed by atoms with E-state index in [2.05, 4.69) is 19.2 Å². The average Bonchev–Trinajstić information content (AvgIpc) is 2.48. The SMILES string of the molecule is CC(C)C(C(=O)NC1CCC(C)C1C)C(N)=S. The van der Waals surface area contributed by atoms with E-state index in [9.17, 15) is 4.79 Å². The first-order valence-corrected chi connectivity index (χ1v) is 6.85. The van der Waals surface area contributed by atoms with Crippen molar-refractivity contribution < 1.29 is 4.79 Å². The van der Waals surface area contributed by atoms with Crippen molar-refractivity contribution >= 4 is 23.1 Å². The fourth-order valence-electron chi connectivity index (χ4n) is 2.60. The minimum atomic E-state index is -0.340. The number of nitrogens with one attached hydrogen (secondary N) is 1. The normalized spacial score (nSPS) is 30.3. The topological polar surface area (TPSA) is 55.1 Å². The minimum absolute atomic E-state index is 0.00144. The molecule has 0 aromatic rings. The zero-order valence-electron chi connectivity index (χ0n) is 11.2. The summed E-state index contributed by atoms with van der Waals surface area (Å²) in [6.07, 6.45) is 2.25. The molecule has 1 amide bonds. The predicted octanol–water partition coefficient (Wildman–Crippen LogP) is 2.10. The Bertz CT molecular complexity index is 304. The van der Waals surface area contributed by atoms with Crippen LogP contribution in [0.2, 0.25) is 0 Å². The van der Waals surface area contributed by atoms with Gasteiger partial charge in [0, 0.05) is 6.04 Å². The van der Waals surface area contributed by atoms with Crippen LogP contribution in [0, 0.1) is 23.7 Å². The molecule has 3 N–H and O–H groups in total. The van der Waals surface area contributed by atoms with Crippen LogP contribution in [0.15, 0.2) is 0 Å². The quantitative estimate of drug-likeness (QED) is 0.757. The second-order valence-corrected chi connectivity index (χ2v) is 6.12. The molecular weight excluding hydrogens is 232 g/mol. The molecule has 1 aliphatic rings. The molecule has 0 spiro atoms. The lowest BCUT2D eigenvalue weighted by molar-refractivity contribution is -0.124. The molecule has 0 heterocycles. The van der Waals surface area contributed by atoms with Gasteiger partial charge < -0.3 is 11.1 Å². The van der Waals surface area contributed by atoms with Crippen LogP contribution in [0.5, 0.6) is 0 Å². The lowest BCUT2D eigenvalue weighted by Gasteiger charge is -2.24.